The molecular weight excluding hydrogens is 304 g/mol. The smallest absolute Gasteiger partial charge is 0.244 e. The van der Waals surface area contributed by atoms with Gasteiger partial charge in [0.05, 0.1) is 11.8 Å². The van der Waals surface area contributed by atoms with Crippen molar-refractivity contribution < 1.29 is 14.4 Å². The summed E-state index contributed by atoms with van der Waals surface area (Å²) in [4.78, 5) is 38.6. The van der Waals surface area contributed by atoms with E-state index < -0.39 is 0 Å². The summed E-state index contributed by atoms with van der Waals surface area (Å²) in [6.45, 7) is 3.78. The maximum atomic E-state index is 12.6. The molecular formula is C19H20N2O3. The van der Waals surface area contributed by atoms with E-state index in [1.807, 2.05) is 32.0 Å². The second-order valence-electron chi connectivity index (χ2n) is 7.11. The molecule has 2 bridgehead atoms. The number of aryl methyl sites for hydroxylation is 2. The monoisotopic (exact) mass is 324 g/mol. The lowest BCUT2D eigenvalue weighted by Gasteiger charge is -2.17. The molecule has 0 radical (unpaired) electrons. The van der Waals surface area contributed by atoms with Crippen molar-refractivity contribution in [1.82, 2.24) is 4.90 Å². The van der Waals surface area contributed by atoms with Gasteiger partial charge < -0.3 is 5.32 Å². The molecule has 5 nitrogen and oxygen atoms in total. The molecule has 1 aromatic rings. The van der Waals surface area contributed by atoms with E-state index in [2.05, 4.69) is 17.5 Å². The lowest BCUT2D eigenvalue weighted by atomic mass is 9.85. The number of fused-ring (bicyclic) bond motifs is 5. The first-order valence-electron chi connectivity index (χ1n) is 8.36. The van der Waals surface area contributed by atoms with Gasteiger partial charge in [-0.25, -0.2) is 0 Å². The van der Waals surface area contributed by atoms with Gasteiger partial charge in [-0.1, -0.05) is 18.2 Å². The average Bonchev–Trinajstić information content (AvgIpc) is 3.21. The van der Waals surface area contributed by atoms with Crippen LogP contribution in [-0.4, -0.2) is 29.2 Å². The molecule has 1 heterocycles. The fourth-order valence-electron chi connectivity index (χ4n) is 4.28. The number of nitrogens with one attached hydrogen (secondary N) is 1. The van der Waals surface area contributed by atoms with Crippen LogP contribution >= 0.6 is 0 Å². The second kappa shape index (κ2) is 5.30. The van der Waals surface area contributed by atoms with Crippen molar-refractivity contribution in [1.29, 1.82) is 0 Å². The van der Waals surface area contributed by atoms with Crippen LogP contribution in [0, 0.1) is 37.5 Å². The minimum absolute atomic E-state index is 0.171. The average molecular weight is 324 g/mol. The van der Waals surface area contributed by atoms with Crippen molar-refractivity contribution in [2.45, 2.75) is 20.3 Å². The number of carbonyl (C=O) groups excluding carboxylic acids is 3. The van der Waals surface area contributed by atoms with E-state index >= 15 is 0 Å². The molecule has 4 atom stereocenters. The number of hydrogen-bond acceptors (Lipinski definition) is 3. The molecule has 124 valence electrons. The number of allylic oxidation sites excluding steroid dienone is 2. The number of amides is 3. The lowest BCUT2D eigenvalue weighted by Crippen LogP contribution is -2.39. The van der Waals surface area contributed by atoms with Crippen LogP contribution < -0.4 is 5.32 Å². The Balaban J connectivity index is 1.46. The lowest BCUT2D eigenvalue weighted by molar-refractivity contribution is -0.143. The highest BCUT2D eigenvalue weighted by Gasteiger charge is 2.59. The number of hydrogen-bond donors (Lipinski definition) is 1. The van der Waals surface area contributed by atoms with Crippen molar-refractivity contribution in [3.63, 3.8) is 0 Å². The van der Waals surface area contributed by atoms with Gasteiger partial charge in [0.2, 0.25) is 17.7 Å². The fourth-order valence-corrected chi connectivity index (χ4v) is 4.28. The van der Waals surface area contributed by atoms with E-state index in [0.29, 0.717) is 5.69 Å². The van der Waals surface area contributed by atoms with Crippen molar-refractivity contribution in [2.75, 3.05) is 11.9 Å². The van der Waals surface area contributed by atoms with E-state index in [1.165, 1.54) is 0 Å². The predicted octanol–water partition coefficient (Wildman–Crippen LogP) is 2.05. The van der Waals surface area contributed by atoms with Gasteiger partial charge in [-0.2, -0.15) is 0 Å². The number of benzene rings is 1. The summed E-state index contributed by atoms with van der Waals surface area (Å²) >= 11 is 0. The van der Waals surface area contributed by atoms with Crippen molar-refractivity contribution >= 4 is 23.4 Å². The molecule has 24 heavy (non-hydrogen) atoms. The van der Waals surface area contributed by atoms with Gasteiger partial charge in [-0.05, 0) is 55.4 Å². The minimum Gasteiger partial charge on any atom is -0.325 e. The van der Waals surface area contributed by atoms with Gasteiger partial charge >= 0.3 is 0 Å². The summed E-state index contributed by atoms with van der Waals surface area (Å²) in [6, 6.07) is 5.65. The van der Waals surface area contributed by atoms with E-state index in [0.717, 1.165) is 22.4 Å². The molecule has 2 aliphatic carbocycles. The van der Waals surface area contributed by atoms with Crippen LogP contribution in [0.4, 0.5) is 5.69 Å². The normalized spacial score (nSPS) is 30.2. The van der Waals surface area contributed by atoms with Gasteiger partial charge in [-0.3, -0.25) is 19.3 Å². The Morgan fingerprint density at radius 2 is 1.71 bits per heavy atom. The number of anilines is 1. The van der Waals surface area contributed by atoms with Crippen LogP contribution in [0.2, 0.25) is 0 Å². The molecule has 1 saturated carbocycles. The molecule has 3 amide bonds. The zero-order chi connectivity index (χ0) is 17.0. The highest BCUT2D eigenvalue weighted by molar-refractivity contribution is 6.09. The summed E-state index contributed by atoms with van der Waals surface area (Å²) in [7, 11) is 0. The van der Waals surface area contributed by atoms with E-state index in [9.17, 15) is 14.4 Å². The molecule has 0 spiro atoms. The molecule has 1 aliphatic heterocycles. The van der Waals surface area contributed by atoms with Crippen LogP contribution in [0.25, 0.3) is 0 Å². The van der Waals surface area contributed by atoms with Crippen LogP contribution in [-0.2, 0) is 14.4 Å². The third-order valence-electron chi connectivity index (χ3n) is 5.65. The van der Waals surface area contributed by atoms with Crippen molar-refractivity contribution in [2.24, 2.45) is 23.7 Å². The summed E-state index contributed by atoms with van der Waals surface area (Å²) in [5.41, 5.74) is 2.91. The number of imide groups is 1. The van der Waals surface area contributed by atoms with Crippen LogP contribution in [0.15, 0.2) is 30.4 Å². The molecule has 5 heteroatoms. The highest BCUT2D eigenvalue weighted by atomic mass is 16.2. The summed E-state index contributed by atoms with van der Waals surface area (Å²) in [5, 5.41) is 2.78. The van der Waals surface area contributed by atoms with Crippen LogP contribution in [0.1, 0.15) is 17.5 Å². The first-order chi connectivity index (χ1) is 11.5. The first kappa shape index (κ1) is 15.1. The zero-order valence-electron chi connectivity index (χ0n) is 13.8. The Labute approximate surface area is 140 Å². The zero-order valence-corrected chi connectivity index (χ0v) is 13.8. The van der Waals surface area contributed by atoms with E-state index in [4.69, 9.17) is 0 Å². The van der Waals surface area contributed by atoms with Gasteiger partial charge in [0, 0.05) is 5.69 Å². The maximum absolute atomic E-state index is 12.6. The highest BCUT2D eigenvalue weighted by Crippen LogP contribution is 2.52. The molecule has 0 aromatic heterocycles. The van der Waals surface area contributed by atoms with E-state index in [-0.39, 0.29) is 47.9 Å². The van der Waals surface area contributed by atoms with Crippen molar-refractivity contribution in [3.8, 4) is 0 Å². The van der Waals surface area contributed by atoms with Gasteiger partial charge in [-0.15, -0.1) is 0 Å². The Morgan fingerprint density at radius 1 is 1.08 bits per heavy atom. The molecule has 2 fully saturated rings. The molecule has 1 aromatic carbocycles. The third-order valence-corrected chi connectivity index (χ3v) is 5.65. The quantitative estimate of drug-likeness (QED) is 0.683. The summed E-state index contributed by atoms with van der Waals surface area (Å²) in [5.74, 6) is -0.855. The van der Waals surface area contributed by atoms with Gasteiger partial charge in [0.1, 0.15) is 6.54 Å². The fraction of sp³-hybridized carbons (Fsp3) is 0.421. The molecule has 1 saturated heterocycles. The van der Waals surface area contributed by atoms with Gasteiger partial charge in [0.25, 0.3) is 0 Å². The molecule has 3 aliphatic rings. The van der Waals surface area contributed by atoms with Gasteiger partial charge in [0.15, 0.2) is 0 Å². The van der Waals surface area contributed by atoms with Crippen molar-refractivity contribution in [3.05, 3.63) is 41.5 Å². The molecule has 0 unspecified atom stereocenters. The number of rotatable bonds is 3. The number of likely N-dealkylation sites (tertiary alicyclic amines) is 1. The summed E-state index contributed by atoms with van der Waals surface area (Å²) in [6.07, 6.45) is 5.00. The third kappa shape index (κ3) is 2.19. The predicted molar refractivity (Wildman–Crippen MR) is 89.0 cm³/mol. The Hall–Kier alpha value is -2.43. The van der Waals surface area contributed by atoms with E-state index in [1.54, 1.807) is 0 Å². The molecule has 4 rings (SSSR count). The SMILES string of the molecule is Cc1ccc(NC(=O)CN2C(=O)[C@@H]3[C@H](C2=O)[C@H]2C=C[C@H]3C2)cc1C. The standard InChI is InChI=1S/C19H20N2O3/c1-10-3-6-14(7-11(10)2)20-15(22)9-21-18(23)16-12-4-5-13(8-12)17(16)19(21)24/h3-7,12-13,16-17H,8-9H2,1-2H3,(H,20,22)/t12-,13-,16-,17+/m0/s1. The molecule has 1 N–H and O–H groups in total. The number of nitrogens with zero attached hydrogens (tertiary/aromatic N) is 1. The second-order valence-corrected chi connectivity index (χ2v) is 7.11. The van der Waals surface area contributed by atoms with Crippen LogP contribution in [0.3, 0.4) is 0 Å². The Bertz CT molecular complexity index is 753. The number of carbonyl (C=O) groups is 3. The maximum Gasteiger partial charge on any atom is 0.244 e. The first-order valence-corrected chi connectivity index (χ1v) is 8.36. The minimum atomic E-state index is -0.333. The largest absolute Gasteiger partial charge is 0.325 e. The van der Waals surface area contributed by atoms with Crippen LogP contribution in [0.5, 0.6) is 0 Å². The Kier molecular flexibility index (Phi) is 3.34. The summed E-state index contributed by atoms with van der Waals surface area (Å²) < 4.78 is 0. The topological polar surface area (TPSA) is 66.5 Å². The Morgan fingerprint density at radius 3 is 2.29 bits per heavy atom.